The molecule has 20 heavy (non-hydrogen) atoms. The van der Waals surface area contributed by atoms with Crippen molar-refractivity contribution in [1.29, 1.82) is 0 Å². The molecular weight excluding hydrogens is 272 g/mol. The van der Waals surface area contributed by atoms with Gasteiger partial charge in [-0.25, -0.2) is 8.42 Å². The Balaban J connectivity index is 2.56. The molecule has 0 radical (unpaired) electrons. The molecular formula is C16H26O3S. The number of hydrogen-bond donors (Lipinski definition) is 0. The monoisotopic (exact) mass is 298 g/mol. The van der Waals surface area contributed by atoms with Crippen molar-refractivity contribution in [3.63, 3.8) is 0 Å². The summed E-state index contributed by atoms with van der Waals surface area (Å²) < 4.78 is 29.6. The lowest BCUT2D eigenvalue weighted by molar-refractivity contribution is 0.269. The molecule has 0 aliphatic rings. The van der Waals surface area contributed by atoms with Gasteiger partial charge in [-0.2, -0.15) is 0 Å². The van der Waals surface area contributed by atoms with Crippen LogP contribution in [0.15, 0.2) is 29.2 Å². The first-order valence-electron chi connectivity index (χ1n) is 7.10. The summed E-state index contributed by atoms with van der Waals surface area (Å²) in [4.78, 5) is 0.356. The first-order chi connectivity index (χ1) is 9.13. The third kappa shape index (κ3) is 5.16. The Hall–Kier alpha value is -1.03. The van der Waals surface area contributed by atoms with E-state index in [4.69, 9.17) is 4.74 Å². The van der Waals surface area contributed by atoms with E-state index in [9.17, 15) is 8.42 Å². The highest BCUT2D eigenvalue weighted by Crippen LogP contribution is 2.22. The van der Waals surface area contributed by atoms with E-state index in [1.807, 2.05) is 0 Å². The lowest BCUT2D eigenvalue weighted by Crippen LogP contribution is -2.13. The minimum atomic E-state index is -3.19. The second-order valence-corrected chi connectivity index (χ2v) is 9.08. The highest BCUT2D eigenvalue weighted by Gasteiger charge is 2.18. The van der Waals surface area contributed by atoms with Crippen LogP contribution in [-0.2, 0) is 9.84 Å². The van der Waals surface area contributed by atoms with Gasteiger partial charge in [-0.1, -0.05) is 20.8 Å². The first kappa shape index (κ1) is 17.0. The molecule has 1 aromatic carbocycles. The fraction of sp³-hybridized carbons (Fsp3) is 0.625. The molecule has 0 N–H and O–H groups in total. The van der Waals surface area contributed by atoms with Gasteiger partial charge in [0.25, 0.3) is 0 Å². The summed E-state index contributed by atoms with van der Waals surface area (Å²) in [5.41, 5.74) is 0.318. The summed E-state index contributed by atoms with van der Waals surface area (Å²) >= 11 is 0. The maximum absolute atomic E-state index is 12.0. The van der Waals surface area contributed by atoms with Crippen LogP contribution in [0, 0.1) is 5.41 Å². The number of sulfone groups is 1. The maximum atomic E-state index is 12.0. The van der Waals surface area contributed by atoms with Crippen LogP contribution in [0.2, 0.25) is 0 Å². The second-order valence-electron chi connectivity index (χ2n) is 6.58. The predicted molar refractivity (Wildman–Crippen MR) is 82.9 cm³/mol. The van der Waals surface area contributed by atoms with E-state index < -0.39 is 15.1 Å². The molecule has 0 atom stereocenters. The lowest BCUT2D eigenvalue weighted by Gasteiger charge is -2.17. The van der Waals surface area contributed by atoms with Crippen molar-refractivity contribution in [2.45, 2.75) is 57.6 Å². The van der Waals surface area contributed by atoms with Gasteiger partial charge in [0, 0.05) is 0 Å². The van der Waals surface area contributed by atoms with E-state index >= 15 is 0 Å². The van der Waals surface area contributed by atoms with Crippen LogP contribution >= 0.6 is 0 Å². The van der Waals surface area contributed by atoms with Crippen LogP contribution in [0.1, 0.15) is 47.5 Å². The summed E-state index contributed by atoms with van der Waals surface area (Å²) in [5, 5.41) is -0.402. The fourth-order valence-corrected chi connectivity index (χ4v) is 2.85. The molecule has 0 bridgehead atoms. The normalized spacial score (nSPS) is 12.7. The van der Waals surface area contributed by atoms with Crippen LogP contribution in [0.4, 0.5) is 0 Å². The van der Waals surface area contributed by atoms with Gasteiger partial charge in [0.05, 0.1) is 16.8 Å². The predicted octanol–water partition coefficient (Wildman–Crippen LogP) is 4.07. The molecule has 0 fully saturated rings. The molecule has 3 nitrogen and oxygen atoms in total. The fourth-order valence-electron chi connectivity index (χ4n) is 1.79. The molecule has 114 valence electrons. The topological polar surface area (TPSA) is 43.4 Å². The molecule has 1 aromatic rings. The number of rotatable bonds is 6. The van der Waals surface area contributed by atoms with E-state index in [2.05, 4.69) is 20.8 Å². The molecule has 0 spiro atoms. The molecule has 0 heterocycles. The molecule has 0 saturated heterocycles. The minimum Gasteiger partial charge on any atom is -0.494 e. The third-order valence-corrected chi connectivity index (χ3v) is 5.28. The highest BCUT2D eigenvalue weighted by atomic mass is 32.2. The number of hydrogen-bond acceptors (Lipinski definition) is 3. The van der Waals surface area contributed by atoms with Crippen molar-refractivity contribution >= 4 is 9.84 Å². The molecule has 0 aromatic heterocycles. The van der Waals surface area contributed by atoms with Crippen LogP contribution in [0.5, 0.6) is 5.75 Å². The Bertz CT molecular complexity index is 508. The van der Waals surface area contributed by atoms with Crippen LogP contribution in [-0.4, -0.2) is 20.3 Å². The summed E-state index contributed by atoms with van der Waals surface area (Å²) in [6.45, 7) is 10.7. The molecule has 0 unspecified atom stereocenters. The summed E-state index contributed by atoms with van der Waals surface area (Å²) in [6.07, 6.45) is 2.10. The number of ether oxygens (including phenoxy) is 1. The zero-order chi connectivity index (χ0) is 15.4. The molecule has 4 heteroatoms. The van der Waals surface area contributed by atoms with Gasteiger partial charge in [0.2, 0.25) is 0 Å². The Morgan fingerprint density at radius 2 is 1.65 bits per heavy atom. The van der Waals surface area contributed by atoms with Gasteiger partial charge in [-0.15, -0.1) is 0 Å². The summed E-state index contributed by atoms with van der Waals surface area (Å²) in [7, 11) is -3.19. The van der Waals surface area contributed by atoms with Crippen molar-refractivity contribution < 1.29 is 13.2 Å². The molecule has 1 rings (SSSR count). The van der Waals surface area contributed by atoms with Crippen LogP contribution in [0.3, 0.4) is 0 Å². The van der Waals surface area contributed by atoms with Crippen molar-refractivity contribution in [1.82, 2.24) is 0 Å². The van der Waals surface area contributed by atoms with Crippen molar-refractivity contribution in [3.05, 3.63) is 24.3 Å². The Kier molecular flexibility index (Phi) is 5.63. The van der Waals surface area contributed by atoms with Crippen LogP contribution in [0.25, 0.3) is 0 Å². The molecule has 0 amide bonds. The Morgan fingerprint density at radius 1 is 1.10 bits per heavy atom. The second kappa shape index (κ2) is 6.61. The number of benzene rings is 1. The van der Waals surface area contributed by atoms with Crippen LogP contribution < -0.4 is 4.74 Å². The summed E-state index contributed by atoms with van der Waals surface area (Å²) in [5.74, 6) is 0.724. The maximum Gasteiger partial charge on any atom is 0.180 e. The molecule has 0 aliphatic heterocycles. The van der Waals surface area contributed by atoms with Crippen molar-refractivity contribution in [2.75, 3.05) is 6.61 Å². The van der Waals surface area contributed by atoms with E-state index in [-0.39, 0.29) is 0 Å². The minimum absolute atomic E-state index is 0.318. The quantitative estimate of drug-likeness (QED) is 0.743. The van der Waals surface area contributed by atoms with E-state index in [1.165, 1.54) is 0 Å². The van der Waals surface area contributed by atoms with Crippen molar-refractivity contribution in [3.8, 4) is 5.75 Å². The lowest BCUT2D eigenvalue weighted by atomic mass is 9.91. The highest BCUT2D eigenvalue weighted by molar-refractivity contribution is 7.92. The average Bonchev–Trinajstić information content (AvgIpc) is 2.34. The molecule has 0 aliphatic carbocycles. The summed E-state index contributed by atoms with van der Waals surface area (Å²) in [6, 6.07) is 6.70. The van der Waals surface area contributed by atoms with Gasteiger partial charge < -0.3 is 4.74 Å². The largest absolute Gasteiger partial charge is 0.494 e. The Morgan fingerprint density at radius 3 is 2.10 bits per heavy atom. The smallest absolute Gasteiger partial charge is 0.180 e. The first-order valence-corrected chi connectivity index (χ1v) is 8.64. The van der Waals surface area contributed by atoms with E-state index in [0.717, 1.165) is 18.6 Å². The van der Waals surface area contributed by atoms with Gasteiger partial charge in [-0.05, 0) is 56.4 Å². The van der Waals surface area contributed by atoms with Gasteiger partial charge in [0.1, 0.15) is 5.75 Å². The standard InChI is InChI=1S/C16H26O3S/c1-13(2)20(17,18)15-9-7-14(8-10-15)19-12-6-11-16(3,4)5/h7-10,13H,6,11-12H2,1-5H3. The van der Waals surface area contributed by atoms with E-state index in [1.54, 1.807) is 38.1 Å². The average molecular weight is 298 g/mol. The van der Waals surface area contributed by atoms with Gasteiger partial charge >= 0.3 is 0 Å². The third-order valence-electron chi connectivity index (χ3n) is 3.11. The molecule has 0 saturated carbocycles. The van der Waals surface area contributed by atoms with E-state index in [0.29, 0.717) is 16.9 Å². The SMILES string of the molecule is CC(C)S(=O)(=O)c1ccc(OCCCC(C)(C)C)cc1. The van der Waals surface area contributed by atoms with Gasteiger partial charge in [0.15, 0.2) is 9.84 Å². The van der Waals surface area contributed by atoms with Gasteiger partial charge in [-0.3, -0.25) is 0 Å². The zero-order valence-electron chi connectivity index (χ0n) is 13.1. The van der Waals surface area contributed by atoms with Crippen molar-refractivity contribution in [2.24, 2.45) is 5.41 Å². The zero-order valence-corrected chi connectivity index (χ0v) is 14.0. The Labute approximate surface area is 123 Å².